The highest BCUT2D eigenvalue weighted by atomic mass is 127. The van der Waals surface area contributed by atoms with Crippen LogP contribution in [0.4, 0.5) is 0 Å². The third kappa shape index (κ3) is 6.19. The molecule has 10 aromatic carbocycles. The van der Waals surface area contributed by atoms with Crippen LogP contribution in [-0.2, 0) is 23.1 Å². The molecule has 17 aliphatic carbocycles. The molecule has 2 spiro atoms. The first-order valence-electron chi connectivity index (χ1n) is 37.0. The molecule has 10 aromatic rings. The van der Waals surface area contributed by atoms with Crippen molar-refractivity contribution in [2.45, 2.75) is 177 Å². The second-order valence-electron chi connectivity index (χ2n) is 36.6. The number of fused-ring (bicyclic) bond motifs is 7. The van der Waals surface area contributed by atoms with Gasteiger partial charge in [-0.3, -0.25) is 7.12 Å². The number of benzene rings is 10. The maximum absolute atomic E-state index is 10.0. The predicted octanol–water partition coefficient (Wildman–Crippen LogP) is 24.3. The van der Waals surface area contributed by atoms with Crippen molar-refractivity contribution in [3.63, 3.8) is 0 Å². The molecular weight excluding hydrogens is 1330 g/mol. The number of alkyl halides is 2. The van der Waals surface area contributed by atoms with Crippen molar-refractivity contribution < 1.29 is 0 Å². The molecule has 10 atom stereocenters. The van der Waals surface area contributed by atoms with Crippen LogP contribution < -0.4 is 0 Å². The van der Waals surface area contributed by atoms with Crippen molar-refractivity contribution in [1.29, 1.82) is 7.12 Å². The molecule has 0 aliphatic heterocycles. The number of hydrogen-bond acceptors (Lipinski definition) is 2. The molecule has 0 amide bonds. The van der Waals surface area contributed by atoms with E-state index >= 15 is 0 Å². The van der Waals surface area contributed by atoms with E-state index in [4.69, 9.17) is 0 Å². The molecule has 0 saturated heterocycles. The largest absolute Gasteiger partial charge is 0.276 e. The van der Waals surface area contributed by atoms with E-state index in [0.29, 0.717) is 32.5 Å². The number of nitrogens with one attached hydrogen (secondary N) is 2. The zero-order valence-corrected chi connectivity index (χ0v) is 57.0. The van der Waals surface area contributed by atoms with Gasteiger partial charge in [-0.2, -0.15) is 0 Å². The van der Waals surface area contributed by atoms with Crippen LogP contribution in [0.25, 0.3) is 98.0 Å². The maximum Gasteiger partial charge on any atom is 0.147 e. The Morgan fingerprint density at radius 3 is 1.07 bits per heavy atom. The van der Waals surface area contributed by atoms with E-state index in [1.165, 1.54) is 263 Å². The summed E-state index contributed by atoms with van der Waals surface area (Å²) in [6.45, 7) is 0. The summed E-state index contributed by atoms with van der Waals surface area (Å²) in [5.74, 6) is 11.1. The van der Waals surface area contributed by atoms with Crippen molar-refractivity contribution in [2.24, 2.45) is 81.8 Å². The van der Waals surface area contributed by atoms with Gasteiger partial charge in [0.1, 0.15) is 1.43 Å². The summed E-state index contributed by atoms with van der Waals surface area (Å²) in [5.41, 5.74) is 19.7. The van der Waals surface area contributed by atoms with Gasteiger partial charge in [0.2, 0.25) is 0 Å². The summed E-state index contributed by atoms with van der Waals surface area (Å²) in [5, 5.41) is 17.6. The van der Waals surface area contributed by atoms with Crippen LogP contribution in [0.15, 0.2) is 121 Å². The Kier molecular flexibility index (Phi) is 9.41. The lowest BCUT2D eigenvalue weighted by atomic mass is 9.48. The molecule has 14 bridgehead atoms. The molecule has 16 saturated carbocycles. The van der Waals surface area contributed by atoms with Gasteiger partial charge in [0, 0.05) is 42.1 Å². The molecule has 4 heteroatoms. The Balaban J connectivity index is 0.676. The van der Waals surface area contributed by atoms with Crippen molar-refractivity contribution in [1.82, 2.24) is 0 Å². The Bertz CT molecular complexity index is 5000. The number of hydrogen-bond donors (Lipinski definition) is 2. The molecule has 0 aromatic heterocycles. The van der Waals surface area contributed by atoms with E-state index in [1.807, 2.05) is 0 Å². The minimum atomic E-state index is -1.15. The van der Waals surface area contributed by atoms with Gasteiger partial charge in [0.05, 0.1) is 0 Å². The highest BCUT2D eigenvalue weighted by molar-refractivity contribution is 14.2. The highest BCUT2D eigenvalue weighted by Gasteiger charge is 2.72. The highest BCUT2D eigenvalue weighted by Crippen LogP contribution is 2.81. The maximum atomic E-state index is 10.0. The monoisotopic (exact) mass is 1410 g/mol. The summed E-state index contributed by atoms with van der Waals surface area (Å²) in [7, 11) is 0. The SMILES string of the molecule is N=IC1(I=N)c2cc(-c3cc4cc(C56CC7CC8CC(C5)C8(C7)C6)cc5ccc6cc(C78CC9CC(CC(C9)C7)C8)cc3c6c54)ccc2-c2ccc(-c3cc4cc(C56CC7CC(CC(C7)C5)C6)cc5ccc6cc(C78CC9CC%10CC(C7)C%10(C9)C8)cc3c6c54)cc21. The minimum absolute atomic E-state index is 0.293. The zero-order valence-electron chi connectivity index (χ0n) is 52.7. The Labute approximate surface area is 556 Å². The summed E-state index contributed by atoms with van der Waals surface area (Å²) in [4.78, 5) is 0. The average molecular weight is 1410 g/mol. The van der Waals surface area contributed by atoms with Crippen molar-refractivity contribution in [2.75, 3.05) is 0 Å². The van der Waals surface area contributed by atoms with Gasteiger partial charge in [0.15, 0.2) is 0 Å². The minimum Gasteiger partial charge on any atom is -0.276 e. The molecule has 91 heavy (non-hydrogen) atoms. The van der Waals surface area contributed by atoms with Crippen LogP contribution >= 0.6 is 42.1 Å². The van der Waals surface area contributed by atoms with Crippen molar-refractivity contribution in [3.8, 4) is 33.4 Å². The van der Waals surface area contributed by atoms with Crippen LogP contribution in [0.2, 0.25) is 0 Å². The lowest BCUT2D eigenvalue weighted by molar-refractivity contribution is -0.00520. The standard InChI is InChI=1S/C87H82I2N2/c90-88-87(89-91)75-25-53(71-24-60-22-62(83-37-51-15-65-27-67(41-83)85(65,39-51)43-83)18-56-2-3-57-19-63(29-73(71)79(57)78(56)60)82-34-48-12-49(35-82)14-50(13-48)36-82)5-7-69(75)70-8-6-54(26-76(70)87)72-23-59-21-61(81-31-45-9-46(32-81)11-47(10-45)33-81)17-55-1-4-58-20-64(30-74(72)80(58)77(55)59)84-38-52-16-66-28-68(42-84)86(66,40-52)44-84/h1-8,17-26,29-30,45-52,65-68,90-91H,9-16,27-28,31-44H2. The lowest BCUT2D eigenvalue weighted by Gasteiger charge is -2.57. The molecule has 0 heterocycles. The van der Waals surface area contributed by atoms with E-state index in [0.717, 1.165) is 71.0 Å². The van der Waals surface area contributed by atoms with Crippen LogP contribution in [0.5, 0.6) is 0 Å². The molecular formula is C87H82I2N2. The van der Waals surface area contributed by atoms with Gasteiger partial charge in [-0.05, 0) is 425 Å². The molecule has 2 nitrogen and oxygen atoms in total. The van der Waals surface area contributed by atoms with Gasteiger partial charge in [-0.1, -0.05) is 84.9 Å². The first-order valence-corrected chi connectivity index (χ1v) is 41.3. The summed E-state index contributed by atoms with van der Waals surface area (Å²) >= 11 is -2.29. The fourth-order valence-electron chi connectivity index (χ4n) is 30.6. The molecule has 27 rings (SSSR count). The second kappa shape index (κ2) is 16.6. The lowest BCUT2D eigenvalue weighted by Crippen LogP contribution is -2.48. The molecule has 10 unspecified atom stereocenters. The van der Waals surface area contributed by atoms with Gasteiger partial charge < -0.3 is 0 Å². The normalized spacial score (nSPS) is 42.2. The third-order valence-corrected chi connectivity index (χ3v) is 39.2. The fourth-order valence-corrected chi connectivity index (χ4v) is 34.4. The van der Waals surface area contributed by atoms with Gasteiger partial charge >= 0.3 is 0 Å². The van der Waals surface area contributed by atoms with Crippen molar-refractivity contribution >= 4 is 107 Å². The van der Waals surface area contributed by atoms with E-state index < -0.39 is 43.5 Å². The second-order valence-corrected chi connectivity index (χ2v) is 42.9. The smallest absolute Gasteiger partial charge is 0.147 e. The van der Waals surface area contributed by atoms with E-state index in [2.05, 4.69) is 121 Å². The first kappa shape index (κ1) is 51.6. The Morgan fingerprint density at radius 1 is 0.286 bits per heavy atom. The number of rotatable bonds is 8. The summed E-state index contributed by atoms with van der Waals surface area (Å²) in [6, 6.07) is 52.6. The van der Waals surface area contributed by atoms with Crippen LogP contribution in [0.3, 0.4) is 0 Å². The van der Waals surface area contributed by atoms with Crippen LogP contribution in [0.1, 0.15) is 187 Å². The molecule has 454 valence electrons. The molecule has 0 radical (unpaired) electrons. The quantitative estimate of drug-likeness (QED) is 0.0865. The Hall–Kier alpha value is -4.66. The first-order chi connectivity index (χ1) is 44.5. The van der Waals surface area contributed by atoms with E-state index in [-0.39, 0.29) is 0 Å². The average Bonchev–Trinajstić information content (AvgIpc) is 1.54. The third-order valence-electron chi connectivity index (χ3n) is 32.6. The van der Waals surface area contributed by atoms with Crippen molar-refractivity contribution in [3.05, 3.63) is 155 Å². The molecule has 16 fully saturated rings. The van der Waals surface area contributed by atoms with Crippen LogP contribution in [0, 0.1) is 89.0 Å². The van der Waals surface area contributed by atoms with E-state index in [9.17, 15) is 7.12 Å². The summed E-state index contributed by atoms with van der Waals surface area (Å²) in [6.07, 6.45) is 34.6. The molecule has 17 aliphatic rings. The summed E-state index contributed by atoms with van der Waals surface area (Å²) < 4.78 is 19.5. The van der Waals surface area contributed by atoms with E-state index in [1.54, 1.807) is 22.3 Å². The van der Waals surface area contributed by atoms with Gasteiger partial charge in [-0.15, -0.1) is 0 Å². The van der Waals surface area contributed by atoms with Gasteiger partial charge in [-0.25, -0.2) is 0 Å². The van der Waals surface area contributed by atoms with Crippen LogP contribution in [-0.4, -0.2) is 0 Å². The fraction of sp³-hybridized carbons (Fsp3) is 0.494. The Morgan fingerprint density at radius 2 is 0.648 bits per heavy atom. The number of halogens is 2. The zero-order chi connectivity index (χ0) is 58.8. The topological polar surface area (TPSA) is 47.7 Å². The molecule has 2 N–H and O–H groups in total. The van der Waals surface area contributed by atoms with Gasteiger partial charge in [0.25, 0.3) is 0 Å². The predicted molar refractivity (Wildman–Crippen MR) is 389 cm³/mol.